The van der Waals surface area contributed by atoms with Crippen molar-refractivity contribution in [1.29, 1.82) is 0 Å². The number of amides is 1. The fourth-order valence-corrected chi connectivity index (χ4v) is 1.54. The van der Waals surface area contributed by atoms with Gasteiger partial charge >= 0.3 is 0 Å². The summed E-state index contributed by atoms with van der Waals surface area (Å²) in [6.45, 7) is 0.0497. The van der Waals surface area contributed by atoms with Crippen LogP contribution in [0, 0.1) is 5.82 Å². The Morgan fingerprint density at radius 1 is 1.28 bits per heavy atom. The molecule has 1 N–H and O–H groups in total. The Hall–Kier alpha value is -1.94. The number of halogens is 2. The van der Waals surface area contributed by atoms with Crippen LogP contribution < -0.4 is 5.32 Å². The van der Waals surface area contributed by atoms with Crippen molar-refractivity contribution in [3.05, 3.63) is 64.7 Å². The van der Waals surface area contributed by atoms with Gasteiger partial charge in [0, 0.05) is 16.8 Å². The minimum Gasteiger partial charge on any atom is -0.346 e. The van der Waals surface area contributed by atoms with Gasteiger partial charge in [0.05, 0.1) is 12.2 Å². The quantitative estimate of drug-likeness (QED) is 0.926. The Balaban J connectivity index is 2.01. The first kappa shape index (κ1) is 12.5. The molecule has 2 rings (SSSR count). The molecule has 0 bridgehead atoms. The van der Waals surface area contributed by atoms with Gasteiger partial charge in [-0.2, -0.15) is 0 Å². The van der Waals surface area contributed by atoms with E-state index < -0.39 is 5.82 Å². The molecule has 0 fully saturated rings. The second-order valence-corrected chi connectivity index (χ2v) is 4.06. The highest BCUT2D eigenvalue weighted by Crippen LogP contribution is 2.09. The summed E-state index contributed by atoms with van der Waals surface area (Å²) in [6, 6.07) is 9.26. The van der Waals surface area contributed by atoms with Crippen molar-refractivity contribution in [3.8, 4) is 0 Å². The predicted octanol–water partition coefficient (Wildman–Crippen LogP) is 2.80. The zero-order valence-electron chi connectivity index (χ0n) is 9.36. The van der Waals surface area contributed by atoms with E-state index in [1.807, 2.05) is 0 Å². The zero-order valence-corrected chi connectivity index (χ0v) is 10.1. The second-order valence-electron chi connectivity index (χ2n) is 3.62. The summed E-state index contributed by atoms with van der Waals surface area (Å²) in [5, 5.41) is 3.15. The molecule has 0 atom stereocenters. The number of benzene rings is 1. The molecule has 0 radical (unpaired) electrons. The van der Waals surface area contributed by atoms with Gasteiger partial charge in [-0.1, -0.05) is 11.6 Å². The van der Waals surface area contributed by atoms with E-state index in [9.17, 15) is 9.18 Å². The molecule has 1 aromatic heterocycles. The van der Waals surface area contributed by atoms with Crippen LogP contribution in [0.15, 0.2) is 42.6 Å². The average molecular weight is 265 g/mol. The number of hydrogen-bond acceptors (Lipinski definition) is 2. The Morgan fingerprint density at radius 2 is 2.00 bits per heavy atom. The van der Waals surface area contributed by atoms with E-state index in [0.29, 0.717) is 10.6 Å². The highest BCUT2D eigenvalue weighted by molar-refractivity contribution is 6.30. The lowest BCUT2D eigenvalue weighted by molar-refractivity contribution is 0.0950. The van der Waals surface area contributed by atoms with Gasteiger partial charge in [-0.05, 0) is 36.4 Å². The predicted molar refractivity (Wildman–Crippen MR) is 66.8 cm³/mol. The summed E-state index contributed by atoms with van der Waals surface area (Å²) in [4.78, 5) is 15.6. The Kier molecular flexibility index (Phi) is 3.89. The number of carbonyl (C=O) groups excluding carboxylic acids is 1. The SMILES string of the molecule is O=C(NCc1ncccc1F)c1ccc(Cl)cc1. The number of pyridine rings is 1. The van der Waals surface area contributed by atoms with Crippen LogP contribution >= 0.6 is 11.6 Å². The maximum atomic E-state index is 13.3. The van der Waals surface area contributed by atoms with Crippen LogP contribution in [-0.2, 0) is 6.54 Å². The molecule has 92 valence electrons. The molecular formula is C13H10ClFN2O. The fourth-order valence-electron chi connectivity index (χ4n) is 1.42. The Morgan fingerprint density at radius 3 is 2.67 bits per heavy atom. The molecule has 0 saturated carbocycles. The van der Waals surface area contributed by atoms with E-state index in [1.54, 1.807) is 24.3 Å². The lowest BCUT2D eigenvalue weighted by atomic mass is 10.2. The van der Waals surface area contributed by atoms with Gasteiger partial charge in [0.1, 0.15) is 5.82 Å². The normalized spacial score (nSPS) is 10.1. The summed E-state index contributed by atoms with van der Waals surface area (Å²) < 4.78 is 13.3. The van der Waals surface area contributed by atoms with Crippen molar-refractivity contribution in [3.63, 3.8) is 0 Å². The summed E-state index contributed by atoms with van der Waals surface area (Å²) >= 11 is 5.72. The van der Waals surface area contributed by atoms with Gasteiger partial charge in [0.15, 0.2) is 0 Å². The molecule has 1 amide bonds. The average Bonchev–Trinajstić information content (AvgIpc) is 2.38. The van der Waals surface area contributed by atoms with Gasteiger partial charge in [0.25, 0.3) is 5.91 Å². The molecule has 1 aromatic carbocycles. The minimum atomic E-state index is -0.436. The number of aromatic nitrogens is 1. The molecule has 5 heteroatoms. The molecule has 0 aliphatic carbocycles. The van der Waals surface area contributed by atoms with E-state index in [2.05, 4.69) is 10.3 Å². The molecule has 1 heterocycles. The number of carbonyl (C=O) groups is 1. The molecule has 0 spiro atoms. The van der Waals surface area contributed by atoms with Gasteiger partial charge in [-0.25, -0.2) is 4.39 Å². The van der Waals surface area contributed by atoms with Crippen molar-refractivity contribution in [2.75, 3.05) is 0 Å². The lowest BCUT2D eigenvalue weighted by Crippen LogP contribution is -2.23. The molecule has 2 aromatic rings. The van der Waals surface area contributed by atoms with E-state index in [-0.39, 0.29) is 18.1 Å². The standard InChI is InChI=1S/C13H10ClFN2O/c14-10-5-3-9(4-6-10)13(18)17-8-12-11(15)2-1-7-16-12/h1-7H,8H2,(H,17,18). The second kappa shape index (κ2) is 5.60. The van der Waals surface area contributed by atoms with Crippen LogP contribution in [0.1, 0.15) is 16.1 Å². The molecule has 0 saturated heterocycles. The van der Waals surface area contributed by atoms with Crippen LogP contribution in [0.2, 0.25) is 5.02 Å². The molecule has 0 aliphatic heterocycles. The Bertz CT molecular complexity index is 557. The summed E-state index contributed by atoms with van der Waals surface area (Å²) in [7, 11) is 0. The summed E-state index contributed by atoms with van der Waals surface area (Å²) in [5.41, 5.74) is 0.676. The van der Waals surface area contributed by atoms with Crippen molar-refractivity contribution in [2.24, 2.45) is 0 Å². The highest BCUT2D eigenvalue weighted by atomic mass is 35.5. The minimum absolute atomic E-state index is 0.0497. The van der Waals surface area contributed by atoms with Gasteiger partial charge in [-0.3, -0.25) is 9.78 Å². The monoisotopic (exact) mass is 264 g/mol. The van der Waals surface area contributed by atoms with Crippen LogP contribution in [0.3, 0.4) is 0 Å². The molecule has 18 heavy (non-hydrogen) atoms. The van der Waals surface area contributed by atoms with Crippen LogP contribution in [0.25, 0.3) is 0 Å². The zero-order chi connectivity index (χ0) is 13.0. The maximum absolute atomic E-state index is 13.3. The van der Waals surface area contributed by atoms with E-state index in [0.717, 1.165) is 0 Å². The summed E-state index contributed by atoms with van der Waals surface area (Å²) in [5.74, 6) is -0.731. The smallest absolute Gasteiger partial charge is 0.251 e. The van der Waals surface area contributed by atoms with Crippen LogP contribution in [0.4, 0.5) is 4.39 Å². The van der Waals surface area contributed by atoms with Crippen molar-refractivity contribution in [2.45, 2.75) is 6.54 Å². The third-order valence-electron chi connectivity index (χ3n) is 2.36. The first-order valence-corrected chi connectivity index (χ1v) is 5.68. The number of nitrogens with zero attached hydrogens (tertiary/aromatic N) is 1. The third kappa shape index (κ3) is 3.05. The first-order chi connectivity index (χ1) is 8.66. The first-order valence-electron chi connectivity index (χ1n) is 5.30. The maximum Gasteiger partial charge on any atom is 0.251 e. The molecule has 0 aliphatic rings. The van der Waals surface area contributed by atoms with Crippen molar-refractivity contribution >= 4 is 17.5 Å². The summed E-state index contributed by atoms with van der Waals surface area (Å²) in [6.07, 6.45) is 1.48. The van der Waals surface area contributed by atoms with Crippen LogP contribution in [0.5, 0.6) is 0 Å². The largest absolute Gasteiger partial charge is 0.346 e. The lowest BCUT2D eigenvalue weighted by Gasteiger charge is -2.05. The fraction of sp³-hybridized carbons (Fsp3) is 0.0769. The third-order valence-corrected chi connectivity index (χ3v) is 2.61. The van der Waals surface area contributed by atoms with Crippen LogP contribution in [-0.4, -0.2) is 10.9 Å². The van der Waals surface area contributed by atoms with Crippen molar-refractivity contribution in [1.82, 2.24) is 10.3 Å². The number of nitrogens with one attached hydrogen (secondary N) is 1. The molecular weight excluding hydrogens is 255 g/mol. The highest BCUT2D eigenvalue weighted by Gasteiger charge is 2.07. The topological polar surface area (TPSA) is 42.0 Å². The van der Waals surface area contributed by atoms with E-state index in [4.69, 9.17) is 11.6 Å². The van der Waals surface area contributed by atoms with Gasteiger partial charge in [0.2, 0.25) is 0 Å². The van der Waals surface area contributed by atoms with E-state index >= 15 is 0 Å². The molecule has 3 nitrogen and oxygen atoms in total. The number of hydrogen-bond donors (Lipinski definition) is 1. The number of rotatable bonds is 3. The van der Waals surface area contributed by atoms with Crippen molar-refractivity contribution < 1.29 is 9.18 Å². The molecule has 0 unspecified atom stereocenters. The van der Waals surface area contributed by atoms with Gasteiger partial charge < -0.3 is 5.32 Å². The Labute approximate surface area is 109 Å². The van der Waals surface area contributed by atoms with Gasteiger partial charge in [-0.15, -0.1) is 0 Å². The van der Waals surface area contributed by atoms with E-state index in [1.165, 1.54) is 18.3 Å².